The van der Waals surface area contributed by atoms with Crippen LogP contribution in [0.4, 0.5) is 0 Å². The fraction of sp³-hybridized carbons (Fsp3) is 0.600. The van der Waals surface area contributed by atoms with Crippen molar-refractivity contribution < 1.29 is 17.9 Å². The van der Waals surface area contributed by atoms with Crippen molar-refractivity contribution in [1.29, 1.82) is 0 Å². The summed E-state index contributed by atoms with van der Waals surface area (Å²) in [6.07, 6.45) is 1.76. The number of benzene rings is 1. The zero-order valence-corrected chi connectivity index (χ0v) is 14.5. The van der Waals surface area contributed by atoms with Crippen LogP contribution in [0, 0.1) is 5.92 Å². The molecule has 2 heterocycles. The molecule has 0 N–H and O–H groups in total. The van der Waals surface area contributed by atoms with Crippen molar-refractivity contribution >= 4 is 25.8 Å². The summed E-state index contributed by atoms with van der Waals surface area (Å²) in [4.78, 5) is -0.0328. The molecule has 3 atom stereocenters. The monoisotopic (exact) mass is 374 g/mol. The Bertz CT molecular complexity index is 656. The van der Waals surface area contributed by atoms with Crippen molar-refractivity contribution in [2.75, 3.05) is 18.6 Å². The smallest absolute Gasteiger partial charge is 0.150 e. The first kappa shape index (κ1) is 15.2. The van der Waals surface area contributed by atoms with E-state index < -0.39 is 9.84 Å². The zero-order chi connectivity index (χ0) is 15.2. The molecule has 2 aliphatic rings. The summed E-state index contributed by atoms with van der Waals surface area (Å²) in [5.41, 5.74) is 2.13. The van der Waals surface area contributed by atoms with Crippen LogP contribution in [0.15, 0.2) is 12.1 Å². The lowest BCUT2D eigenvalue weighted by molar-refractivity contribution is 0.254. The van der Waals surface area contributed by atoms with Crippen LogP contribution < -0.4 is 9.47 Å². The topological polar surface area (TPSA) is 52.6 Å². The van der Waals surface area contributed by atoms with Gasteiger partial charge in [-0.3, -0.25) is 0 Å². The summed E-state index contributed by atoms with van der Waals surface area (Å²) >= 11 is 3.68. The van der Waals surface area contributed by atoms with Gasteiger partial charge in [-0.1, -0.05) is 15.9 Å². The highest BCUT2D eigenvalue weighted by atomic mass is 79.9. The van der Waals surface area contributed by atoms with Crippen molar-refractivity contribution in [1.82, 2.24) is 0 Å². The lowest BCUT2D eigenvalue weighted by Crippen LogP contribution is -2.11. The fourth-order valence-corrected chi connectivity index (χ4v) is 6.05. The molecule has 0 radical (unpaired) electrons. The van der Waals surface area contributed by atoms with Crippen molar-refractivity contribution in [3.05, 3.63) is 23.3 Å². The highest BCUT2D eigenvalue weighted by molar-refractivity contribution is 9.09. The maximum absolute atomic E-state index is 11.7. The van der Waals surface area contributed by atoms with Gasteiger partial charge in [0.2, 0.25) is 0 Å². The second kappa shape index (κ2) is 5.47. The van der Waals surface area contributed by atoms with E-state index in [2.05, 4.69) is 15.9 Å². The average molecular weight is 375 g/mol. The summed E-state index contributed by atoms with van der Waals surface area (Å²) in [6.45, 7) is 2.04. The van der Waals surface area contributed by atoms with Crippen LogP contribution in [0.2, 0.25) is 0 Å². The normalized spacial score (nSPS) is 28.0. The Balaban J connectivity index is 1.93. The number of alkyl halides is 1. The maximum atomic E-state index is 11.7. The molecule has 6 heteroatoms. The molecular weight excluding hydrogens is 356 g/mol. The minimum atomic E-state index is -2.89. The van der Waals surface area contributed by atoms with E-state index >= 15 is 0 Å². The van der Waals surface area contributed by atoms with Crippen LogP contribution >= 0.6 is 15.9 Å². The number of halogens is 1. The van der Waals surface area contributed by atoms with E-state index in [-0.39, 0.29) is 28.4 Å². The Kier molecular flexibility index (Phi) is 3.94. The molecule has 0 saturated carbocycles. The van der Waals surface area contributed by atoms with E-state index in [4.69, 9.17) is 9.47 Å². The number of methoxy groups -OCH3 is 1. The molecule has 3 rings (SSSR count). The average Bonchev–Trinajstić information content (AvgIpc) is 2.97. The number of sulfone groups is 1. The van der Waals surface area contributed by atoms with Crippen molar-refractivity contribution in [3.63, 3.8) is 0 Å². The minimum absolute atomic E-state index is 0.0328. The first-order chi connectivity index (χ1) is 9.89. The summed E-state index contributed by atoms with van der Waals surface area (Å²) < 4.78 is 34.7. The van der Waals surface area contributed by atoms with Crippen LogP contribution in [0.5, 0.6) is 11.5 Å². The van der Waals surface area contributed by atoms with Gasteiger partial charge in [0.05, 0.1) is 18.6 Å². The van der Waals surface area contributed by atoms with Crippen LogP contribution in [0.3, 0.4) is 0 Å². The molecule has 1 saturated heterocycles. The number of ether oxygens (including phenoxy) is 2. The van der Waals surface area contributed by atoms with Crippen LogP contribution in [0.25, 0.3) is 0 Å². The van der Waals surface area contributed by atoms with Gasteiger partial charge in [0.15, 0.2) is 9.84 Å². The molecule has 0 aromatic heterocycles. The lowest BCUT2D eigenvalue weighted by atomic mass is 9.96. The lowest BCUT2D eigenvalue weighted by Gasteiger charge is -2.20. The van der Waals surface area contributed by atoms with Gasteiger partial charge >= 0.3 is 0 Å². The van der Waals surface area contributed by atoms with Crippen molar-refractivity contribution in [2.45, 2.75) is 30.7 Å². The van der Waals surface area contributed by atoms with E-state index in [1.165, 1.54) is 0 Å². The van der Waals surface area contributed by atoms with E-state index in [1.807, 2.05) is 19.1 Å². The molecule has 0 spiro atoms. The Labute approximate surface area is 133 Å². The van der Waals surface area contributed by atoms with E-state index in [1.54, 1.807) is 7.11 Å². The quantitative estimate of drug-likeness (QED) is 0.763. The molecule has 21 heavy (non-hydrogen) atoms. The first-order valence-corrected chi connectivity index (χ1v) is 9.85. The maximum Gasteiger partial charge on any atom is 0.150 e. The van der Waals surface area contributed by atoms with Gasteiger partial charge in [-0.15, -0.1) is 0 Å². The number of fused-ring (bicyclic) bond motifs is 1. The van der Waals surface area contributed by atoms with Crippen molar-refractivity contribution in [3.8, 4) is 11.5 Å². The Morgan fingerprint density at radius 1 is 1.43 bits per heavy atom. The standard InChI is InChI=1S/C15H19BrO4S/c1-9-5-11-6-14(19-2)12(7-13(11)20-9)15(16)10-3-4-21(17,18)8-10/h6-7,9-10,15H,3-5,8H2,1-2H3. The predicted octanol–water partition coefficient (Wildman–Crippen LogP) is 2.89. The molecule has 1 fully saturated rings. The zero-order valence-electron chi connectivity index (χ0n) is 12.1. The van der Waals surface area contributed by atoms with Crippen molar-refractivity contribution in [2.24, 2.45) is 5.92 Å². The molecule has 2 aliphatic heterocycles. The largest absolute Gasteiger partial charge is 0.496 e. The highest BCUT2D eigenvalue weighted by Gasteiger charge is 2.35. The third kappa shape index (κ3) is 2.93. The number of hydrogen-bond donors (Lipinski definition) is 0. The van der Waals surface area contributed by atoms with Crippen LogP contribution in [-0.4, -0.2) is 33.1 Å². The second-order valence-corrected chi connectivity index (χ2v) is 9.11. The summed E-state index contributed by atoms with van der Waals surface area (Å²) in [7, 11) is -1.24. The molecule has 1 aromatic rings. The van der Waals surface area contributed by atoms with Gasteiger partial charge in [-0.25, -0.2) is 8.42 Å². The third-order valence-corrected chi connectivity index (χ3v) is 7.26. The molecule has 3 unspecified atom stereocenters. The van der Waals surface area contributed by atoms with Gasteiger partial charge in [0, 0.05) is 22.4 Å². The molecular formula is C15H19BrO4S. The summed E-state index contributed by atoms with van der Waals surface area (Å²) in [5, 5.41) is 0. The second-order valence-electron chi connectivity index (χ2n) is 5.90. The summed E-state index contributed by atoms with van der Waals surface area (Å²) in [6, 6.07) is 4.02. The molecule has 0 amide bonds. The number of hydrogen-bond acceptors (Lipinski definition) is 4. The molecule has 4 nitrogen and oxygen atoms in total. The van der Waals surface area contributed by atoms with Gasteiger partial charge in [-0.2, -0.15) is 0 Å². The minimum Gasteiger partial charge on any atom is -0.496 e. The molecule has 0 bridgehead atoms. The third-order valence-electron chi connectivity index (χ3n) is 4.23. The first-order valence-electron chi connectivity index (χ1n) is 7.11. The Hall–Kier alpha value is -0.750. The Morgan fingerprint density at radius 2 is 2.19 bits per heavy atom. The van der Waals surface area contributed by atoms with E-state index in [0.717, 1.165) is 29.0 Å². The van der Waals surface area contributed by atoms with Crippen LogP contribution in [-0.2, 0) is 16.3 Å². The van der Waals surface area contributed by atoms with Gasteiger partial charge in [0.25, 0.3) is 0 Å². The number of rotatable bonds is 3. The SMILES string of the molecule is COc1cc2c(cc1C(Br)C1CCS(=O)(=O)C1)OC(C)C2. The van der Waals surface area contributed by atoms with Crippen LogP contribution in [0.1, 0.15) is 29.3 Å². The van der Waals surface area contributed by atoms with Gasteiger partial charge < -0.3 is 9.47 Å². The van der Waals surface area contributed by atoms with Gasteiger partial charge in [0.1, 0.15) is 17.6 Å². The molecule has 0 aliphatic carbocycles. The van der Waals surface area contributed by atoms with Gasteiger partial charge in [-0.05, 0) is 31.4 Å². The summed E-state index contributed by atoms with van der Waals surface area (Å²) in [5.74, 6) is 2.29. The molecule has 1 aromatic carbocycles. The predicted molar refractivity (Wildman–Crippen MR) is 85.2 cm³/mol. The van der Waals surface area contributed by atoms with E-state index in [9.17, 15) is 8.42 Å². The van der Waals surface area contributed by atoms with E-state index in [0.29, 0.717) is 6.42 Å². The molecule has 116 valence electrons. The Morgan fingerprint density at radius 3 is 2.81 bits per heavy atom. The highest BCUT2D eigenvalue weighted by Crippen LogP contribution is 2.45. The fourth-order valence-electron chi connectivity index (χ4n) is 3.16.